The van der Waals surface area contributed by atoms with E-state index in [2.05, 4.69) is 4.98 Å². The smallest absolute Gasteiger partial charge is 0.258 e. The van der Waals surface area contributed by atoms with Gasteiger partial charge in [-0.1, -0.05) is 0 Å². The number of hydrogen-bond donors (Lipinski definition) is 0. The molecular weight excluding hydrogens is 220 g/mol. The molecule has 1 aromatic rings. The first kappa shape index (κ1) is 12.0. The summed E-state index contributed by atoms with van der Waals surface area (Å²) in [5, 5.41) is 19.1. The molecule has 0 unspecified atom stereocenters. The fraction of sp³-hybridized carbons (Fsp3) is 0.333. The molecule has 0 aliphatic heterocycles. The van der Waals surface area contributed by atoms with E-state index in [-0.39, 0.29) is 17.7 Å². The van der Waals surface area contributed by atoms with E-state index < -0.39 is 22.7 Å². The fourth-order valence-electron chi connectivity index (χ4n) is 1.28. The zero-order chi connectivity index (χ0) is 12.3. The average molecular weight is 227 g/mol. The van der Waals surface area contributed by atoms with Crippen molar-refractivity contribution in [1.29, 1.82) is 5.26 Å². The second kappa shape index (κ2) is 4.61. The second-order valence-electron chi connectivity index (χ2n) is 3.02. The van der Waals surface area contributed by atoms with Gasteiger partial charge in [0.25, 0.3) is 12.1 Å². The van der Waals surface area contributed by atoms with Crippen molar-refractivity contribution in [2.45, 2.75) is 19.8 Å². The molecule has 0 fully saturated rings. The maximum Gasteiger partial charge on any atom is 0.280 e. The molecule has 0 aromatic carbocycles. The van der Waals surface area contributed by atoms with Crippen LogP contribution in [0.4, 0.5) is 14.5 Å². The molecule has 0 radical (unpaired) electrons. The quantitative estimate of drug-likeness (QED) is 0.586. The van der Waals surface area contributed by atoms with E-state index in [0.29, 0.717) is 6.07 Å². The summed E-state index contributed by atoms with van der Waals surface area (Å²) in [6.07, 6.45) is -3.09. The Hall–Kier alpha value is -2.10. The summed E-state index contributed by atoms with van der Waals surface area (Å²) in [5.41, 5.74) is -0.960. The molecule has 0 atom stereocenters. The summed E-state index contributed by atoms with van der Waals surface area (Å²) in [7, 11) is 0. The predicted molar refractivity (Wildman–Crippen MR) is 49.9 cm³/mol. The Morgan fingerprint density at radius 1 is 1.69 bits per heavy atom. The van der Waals surface area contributed by atoms with Crippen LogP contribution < -0.4 is 0 Å². The van der Waals surface area contributed by atoms with E-state index in [9.17, 15) is 18.9 Å². The summed E-state index contributed by atoms with van der Waals surface area (Å²) in [6.45, 7) is 1.37. The molecule has 0 saturated carbocycles. The van der Waals surface area contributed by atoms with E-state index in [1.54, 1.807) is 6.07 Å². The summed E-state index contributed by atoms with van der Waals surface area (Å²) in [5.74, 6) is 0. The highest BCUT2D eigenvalue weighted by molar-refractivity contribution is 5.45. The lowest BCUT2D eigenvalue weighted by atomic mass is 10.1. The Kier molecular flexibility index (Phi) is 3.45. The van der Waals surface area contributed by atoms with Gasteiger partial charge in [-0.05, 0) is 6.92 Å². The van der Waals surface area contributed by atoms with Gasteiger partial charge in [0.05, 0.1) is 23.0 Å². The third kappa shape index (κ3) is 2.28. The molecule has 1 heterocycles. The largest absolute Gasteiger partial charge is 0.280 e. The van der Waals surface area contributed by atoms with Crippen molar-refractivity contribution in [2.75, 3.05) is 0 Å². The van der Waals surface area contributed by atoms with Crippen LogP contribution in [-0.2, 0) is 6.42 Å². The van der Waals surface area contributed by atoms with E-state index >= 15 is 0 Å². The number of nitro groups is 1. The first-order chi connectivity index (χ1) is 7.47. The molecule has 0 bridgehead atoms. The minimum absolute atomic E-state index is 0.0805. The lowest BCUT2D eigenvalue weighted by Crippen LogP contribution is -2.03. The number of aromatic nitrogens is 1. The normalized spacial score (nSPS) is 10.2. The maximum absolute atomic E-state index is 12.4. The van der Waals surface area contributed by atoms with Gasteiger partial charge in [-0.25, -0.2) is 8.78 Å². The summed E-state index contributed by atoms with van der Waals surface area (Å²) in [6, 6.07) is 2.45. The molecule has 0 saturated heterocycles. The number of nitrogens with zero attached hydrogens (tertiary/aromatic N) is 3. The molecule has 0 aliphatic carbocycles. The molecule has 0 aliphatic rings. The minimum atomic E-state index is -2.87. The molecule has 16 heavy (non-hydrogen) atoms. The van der Waals surface area contributed by atoms with Crippen molar-refractivity contribution in [3.05, 3.63) is 33.1 Å². The van der Waals surface area contributed by atoms with Crippen LogP contribution in [-0.4, -0.2) is 9.91 Å². The molecule has 0 amide bonds. The highest BCUT2D eigenvalue weighted by Crippen LogP contribution is 2.27. The zero-order valence-electron chi connectivity index (χ0n) is 8.28. The fourth-order valence-corrected chi connectivity index (χ4v) is 1.28. The Balaban J connectivity index is 3.40. The van der Waals surface area contributed by atoms with E-state index in [1.165, 1.54) is 6.92 Å². The molecule has 0 N–H and O–H groups in total. The topological polar surface area (TPSA) is 79.8 Å². The molecular formula is C9H7F2N3O2. The van der Waals surface area contributed by atoms with E-state index in [0.717, 1.165) is 0 Å². The summed E-state index contributed by atoms with van der Waals surface area (Å²) < 4.78 is 24.7. The van der Waals surface area contributed by atoms with Crippen LogP contribution in [0.25, 0.3) is 0 Å². The monoisotopic (exact) mass is 227 g/mol. The molecule has 5 nitrogen and oxygen atoms in total. The highest BCUT2D eigenvalue weighted by atomic mass is 19.3. The van der Waals surface area contributed by atoms with Gasteiger partial charge in [0.2, 0.25) is 0 Å². The van der Waals surface area contributed by atoms with Crippen molar-refractivity contribution < 1.29 is 13.7 Å². The third-order valence-electron chi connectivity index (χ3n) is 2.00. The Morgan fingerprint density at radius 2 is 2.31 bits per heavy atom. The lowest BCUT2D eigenvalue weighted by Gasteiger charge is -2.05. The zero-order valence-corrected chi connectivity index (χ0v) is 8.28. The van der Waals surface area contributed by atoms with Crippen LogP contribution >= 0.6 is 0 Å². The van der Waals surface area contributed by atoms with E-state index in [1.807, 2.05) is 0 Å². The number of pyridine rings is 1. The number of aryl methyl sites for hydroxylation is 1. The number of halogens is 2. The first-order valence-corrected chi connectivity index (χ1v) is 4.27. The van der Waals surface area contributed by atoms with Gasteiger partial charge in [0.15, 0.2) is 0 Å². The van der Waals surface area contributed by atoms with Gasteiger partial charge in [0.1, 0.15) is 5.69 Å². The van der Waals surface area contributed by atoms with Gasteiger partial charge in [-0.2, -0.15) is 5.26 Å². The van der Waals surface area contributed by atoms with Crippen molar-refractivity contribution in [3.8, 4) is 6.07 Å². The Labute approximate surface area is 89.5 Å². The van der Waals surface area contributed by atoms with Crippen LogP contribution in [0.5, 0.6) is 0 Å². The molecule has 0 spiro atoms. The van der Waals surface area contributed by atoms with E-state index in [4.69, 9.17) is 5.26 Å². The number of alkyl halides is 2. The van der Waals surface area contributed by atoms with Crippen LogP contribution in [0.1, 0.15) is 23.4 Å². The van der Waals surface area contributed by atoms with Gasteiger partial charge in [0, 0.05) is 11.8 Å². The van der Waals surface area contributed by atoms with Crippen LogP contribution in [0, 0.1) is 28.4 Å². The highest BCUT2D eigenvalue weighted by Gasteiger charge is 2.22. The lowest BCUT2D eigenvalue weighted by molar-refractivity contribution is -0.385. The standard InChI is InChI=1S/C9H7F2N3O2/c1-5-6(2-3-12)8(14(15)16)4-7(13-5)9(10)11/h4,9H,2H2,1H3. The number of nitriles is 1. The Morgan fingerprint density at radius 3 is 2.75 bits per heavy atom. The molecule has 7 heteroatoms. The van der Waals surface area contributed by atoms with Crippen molar-refractivity contribution in [1.82, 2.24) is 4.98 Å². The predicted octanol–water partition coefficient (Wildman–Crippen LogP) is 2.30. The van der Waals surface area contributed by atoms with Gasteiger partial charge in [-0.15, -0.1) is 0 Å². The van der Waals surface area contributed by atoms with Gasteiger partial charge < -0.3 is 0 Å². The van der Waals surface area contributed by atoms with Crippen molar-refractivity contribution in [3.63, 3.8) is 0 Å². The molecule has 1 rings (SSSR count). The SMILES string of the molecule is Cc1nc(C(F)F)cc([N+](=O)[O-])c1CC#N. The van der Waals surface area contributed by atoms with Crippen LogP contribution in [0.2, 0.25) is 0 Å². The number of hydrogen-bond acceptors (Lipinski definition) is 4. The molecule has 84 valence electrons. The van der Waals surface area contributed by atoms with Gasteiger partial charge in [-0.3, -0.25) is 15.1 Å². The van der Waals surface area contributed by atoms with Crippen LogP contribution in [0.3, 0.4) is 0 Å². The minimum Gasteiger partial charge on any atom is -0.258 e. The van der Waals surface area contributed by atoms with Crippen molar-refractivity contribution >= 4 is 5.69 Å². The van der Waals surface area contributed by atoms with Gasteiger partial charge >= 0.3 is 0 Å². The first-order valence-electron chi connectivity index (χ1n) is 4.27. The Bertz CT molecular complexity index is 469. The summed E-state index contributed by atoms with van der Waals surface area (Å²) in [4.78, 5) is 13.4. The third-order valence-corrected chi connectivity index (χ3v) is 2.00. The average Bonchev–Trinajstić information content (AvgIpc) is 2.20. The van der Waals surface area contributed by atoms with Crippen molar-refractivity contribution in [2.24, 2.45) is 0 Å². The van der Waals surface area contributed by atoms with Crippen LogP contribution in [0.15, 0.2) is 6.07 Å². The summed E-state index contributed by atoms with van der Waals surface area (Å²) >= 11 is 0. The maximum atomic E-state index is 12.4. The second-order valence-corrected chi connectivity index (χ2v) is 3.02. The molecule has 1 aromatic heterocycles. The number of rotatable bonds is 3.